The van der Waals surface area contributed by atoms with Crippen LogP contribution in [0.4, 0.5) is 0 Å². The van der Waals surface area contributed by atoms with Crippen molar-refractivity contribution >= 4 is 5.91 Å². The SMILES string of the molecule is Cc1cc2c(cc1CC(C#N)NC(=O)[C@@H]1CNCCCO1)OCc1ccc(C3CCOCC3)cc1-2. The van der Waals surface area contributed by atoms with Crippen LogP contribution in [0.15, 0.2) is 30.3 Å². The van der Waals surface area contributed by atoms with E-state index in [9.17, 15) is 10.1 Å². The second kappa shape index (κ2) is 10.8. The molecule has 3 heterocycles. The Balaban J connectivity index is 1.34. The van der Waals surface area contributed by atoms with Gasteiger partial charge in [0.05, 0.1) is 6.07 Å². The molecule has 7 nitrogen and oxygen atoms in total. The van der Waals surface area contributed by atoms with Gasteiger partial charge in [0.25, 0.3) is 5.91 Å². The van der Waals surface area contributed by atoms with Crippen molar-refractivity contribution in [2.24, 2.45) is 0 Å². The fraction of sp³-hybridized carbons (Fsp3) is 0.500. The molecule has 2 atom stereocenters. The number of carbonyl (C=O) groups is 1. The number of carbonyl (C=O) groups excluding carboxylic acids is 1. The van der Waals surface area contributed by atoms with E-state index in [1.807, 2.05) is 6.07 Å². The van der Waals surface area contributed by atoms with Crippen molar-refractivity contribution in [1.82, 2.24) is 10.6 Å². The standard InChI is InChI=1S/C28H33N3O4/c1-18-11-25-24-13-20(19-5-9-33-10-6-19)3-4-21(24)17-35-26(25)14-22(18)12-23(15-29)31-28(32)27-16-30-7-2-8-34-27/h3-4,11,13-14,19,23,27,30H,2,5-10,12,16-17H2,1H3,(H,31,32)/t23?,27-/m0/s1. The van der Waals surface area contributed by atoms with Crippen LogP contribution in [0.25, 0.3) is 11.1 Å². The van der Waals surface area contributed by atoms with Gasteiger partial charge in [-0.1, -0.05) is 18.2 Å². The average molecular weight is 476 g/mol. The average Bonchev–Trinajstić information content (AvgIpc) is 3.19. The van der Waals surface area contributed by atoms with Gasteiger partial charge in [-0.3, -0.25) is 4.79 Å². The zero-order valence-electron chi connectivity index (χ0n) is 20.3. The number of nitrogens with zero attached hydrogens (tertiary/aromatic N) is 1. The number of ether oxygens (including phenoxy) is 3. The summed E-state index contributed by atoms with van der Waals surface area (Å²) in [4.78, 5) is 12.7. The Morgan fingerprint density at radius 1 is 1.20 bits per heavy atom. The first-order valence-corrected chi connectivity index (χ1v) is 12.6. The molecule has 1 amide bonds. The third-order valence-electron chi connectivity index (χ3n) is 7.27. The topological polar surface area (TPSA) is 92.6 Å². The smallest absolute Gasteiger partial charge is 0.251 e. The van der Waals surface area contributed by atoms with Gasteiger partial charge in [-0.25, -0.2) is 0 Å². The molecule has 7 heteroatoms. The summed E-state index contributed by atoms with van der Waals surface area (Å²) in [6.45, 7) is 6.07. The highest BCUT2D eigenvalue weighted by atomic mass is 16.5. The Morgan fingerprint density at radius 3 is 2.89 bits per heavy atom. The molecule has 2 aromatic rings. The maximum absolute atomic E-state index is 12.7. The van der Waals surface area contributed by atoms with Crippen LogP contribution >= 0.6 is 0 Å². The van der Waals surface area contributed by atoms with Crippen LogP contribution in [0.1, 0.15) is 47.4 Å². The molecule has 0 bridgehead atoms. The lowest BCUT2D eigenvalue weighted by Crippen LogP contribution is -2.46. The number of aryl methyl sites for hydroxylation is 1. The molecular formula is C28H33N3O4. The van der Waals surface area contributed by atoms with E-state index in [0.29, 0.717) is 32.1 Å². The minimum absolute atomic E-state index is 0.243. The molecule has 3 aliphatic rings. The summed E-state index contributed by atoms with van der Waals surface area (Å²) in [7, 11) is 0. The molecule has 0 radical (unpaired) electrons. The molecule has 1 unspecified atom stereocenters. The summed E-state index contributed by atoms with van der Waals surface area (Å²) in [6, 6.07) is 12.6. The van der Waals surface area contributed by atoms with Gasteiger partial charge in [-0.15, -0.1) is 0 Å². The summed E-state index contributed by atoms with van der Waals surface area (Å²) < 4.78 is 17.3. The van der Waals surface area contributed by atoms with Crippen molar-refractivity contribution in [2.45, 2.75) is 57.3 Å². The summed E-state index contributed by atoms with van der Waals surface area (Å²) >= 11 is 0. The minimum Gasteiger partial charge on any atom is -0.488 e. The fourth-order valence-corrected chi connectivity index (χ4v) is 5.19. The van der Waals surface area contributed by atoms with Gasteiger partial charge in [0.15, 0.2) is 0 Å². The van der Waals surface area contributed by atoms with Gasteiger partial charge in [0.1, 0.15) is 24.5 Å². The molecule has 5 rings (SSSR count). The van der Waals surface area contributed by atoms with E-state index in [1.54, 1.807) is 0 Å². The quantitative estimate of drug-likeness (QED) is 0.689. The summed E-state index contributed by atoms with van der Waals surface area (Å²) in [5, 5.41) is 15.8. The van der Waals surface area contributed by atoms with Gasteiger partial charge in [0, 0.05) is 38.3 Å². The molecule has 184 valence electrons. The van der Waals surface area contributed by atoms with Crippen molar-refractivity contribution < 1.29 is 19.0 Å². The number of fused-ring (bicyclic) bond motifs is 3. The number of hydrogen-bond donors (Lipinski definition) is 2. The van der Waals surface area contributed by atoms with Gasteiger partial charge >= 0.3 is 0 Å². The Kier molecular flexibility index (Phi) is 7.33. The molecule has 2 fully saturated rings. The van der Waals surface area contributed by atoms with E-state index in [2.05, 4.69) is 47.9 Å². The summed E-state index contributed by atoms with van der Waals surface area (Å²) in [5.41, 5.74) is 6.96. The lowest BCUT2D eigenvalue weighted by atomic mass is 9.86. The highest BCUT2D eigenvalue weighted by Crippen LogP contribution is 2.41. The monoisotopic (exact) mass is 475 g/mol. The predicted octanol–water partition coefficient (Wildman–Crippen LogP) is 3.38. The van der Waals surface area contributed by atoms with Gasteiger partial charge in [-0.05, 0) is 78.6 Å². The zero-order chi connectivity index (χ0) is 24.2. The lowest BCUT2D eigenvalue weighted by molar-refractivity contribution is -0.132. The van der Waals surface area contributed by atoms with Gasteiger partial charge in [0.2, 0.25) is 0 Å². The van der Waals surface area contributed by atoms with Gasteiger partial charge in [-0.2, -0.15) is 5.26 Å². The highest BCUT2D eigenvalue weighted by molar-refractivity contribution is 5.82. The van der Waals surface area contributed by atoms with Crippen LogP contribution in [-0.4, -0.2) is 51.0 Å². The Bertz CT molecular complexity index is 1110. The third-order valence-corrected chi connectivity index (χ3v) is 7.27. The highest BCUT2D eigenvalue weighted by Gasteiger charge is 2.26. The van der Waals surface area contributed by atoms with E-state index in [0.717, 1.165) is 61.5 Å². The van der Waals surface area contributed by atoms with Crippen LogP contribution in [0.3, 0.4) is 0 Å². The molecular weight excluding hydrogens is 442 g/mol. The second-order valence-electron chi connectivity index (χ2n) is 9.68. The number of nitrogens with one attached hydrogen (secondary N) is 2. The molecule has 0 aromatic heterocycles. The van der Waals surface area contributed by atoms with Crippen molar-refractivity contribution in [1.29, 1.82) is 5.26 Å². The number of benzene rings is 2. The van der Waals surface area contributed by atoms with E-state index < -0.39 is 12.1 Å². The molecule has 2 N–H and O–H groups in total. The van der Waals surface area contributed by atoms with Crippen LogP contribution < -0.4 is 15.4 Å². The zero-order valence-corrected chi connectivity index (χ0v) is 20.3. The molecule has 3 aliphatic heterocycles. The van der Waals surface area contributed by atoms with Crippen LogP contribution in [0.5, 0.6) is 5.75 Å². The van der Waals surface area contributed by atoms with Crippen LogP contribution in [0.2, 0.25) is 0 Å². The summed E-state index contributed by atoms with van der Waals surface area (Å²) in [5.74, 6) is 1.13. The molecule has 0 aliphatic carbocycles. The largest absolute Gasteiger partial charge is 0.488 e. The number of rotatable bonds is 5. The van der Waals surface area contributed by atoms with Crippen molar-refractivity contribution in [2.75, 3.05) is 32.9 Å². The van der Waals surface area contributed by atoms with E-state index in [-0.39, 0.29) is 5.91 Å². The van der Waals surface area contributed by atoms with Crippen LogP contribution in [-0.2, 0) is 27.3 Å². The van der Waals surface area contributed by atoms with E-state index >= 15 is 0 Å². The first-order valence-electron chi connectivity index (χ1n) is 12.6. The molecule has 35 heavy (non-hydrogen) atoms. The van der Waals surface area contributed by atoms with Crippen molar-refractivity contribution in [3.63, 3.8) is 0 Å². The predicted molar refractivity (Wildman–Crippen MR) is 132 cm³/mol. The van der Waals surface area contributed by atoms with Crippen molar-refractivity contribution in [3.8, 4) is 22.9 Å². The van der Waals surface area contributed by atoms with Gasteiger partial charge < -0.3 is 24.8 Å². The Morgan fingerprint density at radius 2 is 2.06 bits per heavy atom. The van der Waals surface area contributed by atoms with Crippen molar-refractivity contribution in [3.05, 3.63) is 52.6 Å². The molecule has 0 spiro atoms. The second-order valence-corrected chi connectivity index (χ2v) is 9.68. The number of hydrogen-bond acceptors (Lipinski definition) is 6. The maximum atomic E-state index is 12.7. The normalized spacial score (nSPS) is 21.0. The Hall–Kier alpha value is -2.92. The lowest BCUT2D eigenvalue weighted by Gasteiger charge is -2.27. The summed E-state index contributed by atoms with van der Waals surface area (Å²) in [6.07, 6.45) is 2.84. The Labute approximate surface area is 206 Å². The maximum Gasteiger partial charge on any atom is 0.251 e. The number of amides is 1. The molecule has 2 saturated heterocycles. The fourth-order valence-electron chi connectivity index (χ4n) is 5.19. The molecule has 0 saturated carbocycles. The van der Waals surface area contributed by atoms with E-state index in [1.165, 1.54) is 16.7 Å². The first kappa shape index (κ1) is 23.8. The number of nitriles is 1. The minimum atomic E-state index is -0.637. The van der Waals surface area contributed by atoms with Crippen LogP contribution in [0, 0.1) is 18.3 Å². The first-order chi connectivity index (χ1) is 17.1. The van der Waals surface area contributed by atoms with E-state index in [4.69, 9.17) is 14.2 Å². The molecule has 2 aromatic carbocycles. The third kappa shape index (κ3) is 5.35.